The normalized spacial score (nSPS) is 10.6. The van der Waals surface area contributed by atoms with Crippen LogP contribution < -0.4 is 9.61 Å². The van der Waals surface area contributed by atoms with Crippen molar-refractivity contribution in [2.75, 3.05) is 13.7 Å². The van der Waals surface area contributed by atoms with Crippen molar-refractivity contribution in [3.63, 3.8) is 0 Å². The molecule has 1 aromatic heterocycles. The second-order valence-corrected chi connectivity index (χ2v) is 4.59. The number of rotatable bonds is 4. The average molecular weight is 267 g/mol. The highest BCUT2D eigenvalue weighted by Crippen LogP contribution is 2.22. The first-order valence-corrected chi connectivity index (χ1v) is 6.30. The number of carbonyl (C=O) groups excluding carboxylic acids is 1. The Morgan fingerprint density at radius 2 is 2.22 bits per heavy atom. The number of esters is 1. The number of thiazole rings is 1. The van der Waals surface area contributed by atoms with Gasteiger partial charge in [0.2, 0.25) is 0 Å². The van der Waals surface area contributed by atoms with Crippen LogP contribution in [0.15, 0.2) is 23.0 Å². The van der Waals surface area contributed by atoms with E-state index >= 15 is 0 Å². The van der Waals surface area contributed by atoms with Gasteiger partial charge in [-0.05, 0) is 19.1 Å². The highest BCUT2D eigenvalue weighted by molar-refractivity contribution is 7.16. The van der Waals surface area contributed by atoms with Gasteiger partial charge >= 0.3 is 10.8 Å². The molecule has 1 aromatic carbocycles. The van der Waals surface area contributed by atoms with Gasteiger partial charge in [-0.1, -0.05) is 11.3 Å². The quantitative estimate of drug-likeness (QED) is 0.790. The number of ether oxygens (including phenoxy) is 2. The Kier molecular flexibility index (Phi) is 3.66. The first-order chi connectivity index (χ1) is 8.65. The Hall–Kier alpha value is -1.82. The number of fused-ring (bicyclic) bond motifs is 1. The summed E-state index contributed by atoms with van der Waals surface area (Å²) in [6, 6.07) is 5.33. The lowest BCUT2D eigenvalue weighted by Gasteiger charge is -2.04. The van der Waals surface area contributed by atoms with E-state index in [2.05, 4.69) is 0 Å². The minimum absolute atomic E-state index is 0.0696. The first kappa shape index (κ1) is 12.6. The maximum absolute atomic E-state index is 11.8. The molecule has 1 heterocycles. The van der Waals surface area contributed by atoms with Gasteiger partial charge in [0.15, 0.2) is 0 Å². The fourth-order valence-electron chi connectivity index (χ4n) is 1.65. The van der Waals surface area contributed by atoms with E-state index in [1.54, 1.807) is 26.2 Å². The van der Waals surface area contributed by atoms with E-state index in [9.17, 15) is 9.59 Å². The Labute approximate surface area is 108 Å². The fourth-order valence-corrected chi connectivity index (χ4v) is 2.53. The second kappa shape index (κ2) is 5.22. The van der Waals surface area contributed by atoms with Gasteiger partial charge in [-0.2, -0.15) is 0 Å². The minimum Gasteiger partial charge on any atom is -0.497 e. The van der Waals surface area contributed by atoms with Crippen LogP contribution in [-0.4, -0.2) is 24.3 Å². The van der Waals surface area contributed by atoms with Crippen LogP contribution in [0.5, 0.6) is 5.75 Å². The van der Waals surface area contributed by atoms with E-state index in [1.807, 2.05) is 6.07 Å². The number of carbonyl (C=O) groups is 1. The minimum atomic E-state index is -0.415. The zero-order chi connectivity index (χ0) is 13.1. The molecule has 2 aromatic rings. The fraction of sp³-hybridized carbons (Fsp3) is 0.333. The Balaban J connectivity index is 2.45. The van der Waals surface area contributed by atoms with Crippen molar-refractivity contribution in [3.8, 4) is 5.75 Å². The molecule has 6 heteroatoms. The predicted molar refractivity (Wildman–Crippen MR) is 69.3 cm³/mol. The van der Waals surface area contributed by atoms with Gasteiger partial charge < -0.3 is 9.47 Å². The summed E-state index contributed by atoms with van der Waals surface area (Å²) in [7, 11) is 1.56. The van der Waals surface area contributed by atoms with E-state index in [0.29, 0.717) is 17.9 Å². The number of benzene rings is 1. The molecule has 0 N–H and O–H groups in total. The van der Waals surface area contributed by atoms with Crippen LogP contribution in [0.25, 0.3) is 10.2 Å². The summed E-state index contributed by atoms with van der Waals surface area (Å²) < 4.78 is 12.2. The zero-order valence-corrected chi connectivity index (χ0v) is 11.0. The molecule has 0 atom stereocenters. The molecule has 0 unspecified atom stereocenters. The van der Waals surface area contributed by atoms with Gasteiger partial charge in [0.05, 0.1) is 23.9 Å². The maximum atomic E-state index is 11.8. The van der Waals surface area contributed by atoms with E-state index in [0.717, 1.165) is 16.0 Å². The summed E-state index contributed by atoms with van der Waals surface area (Å²) in [4.78, 5) is 23.1. The van der Waals surface area contributed by atoms with Crippen molar-refractivity contribution in [1.29, 1.82) is 0 Å². The molecule has 0 fully saturated rings. The van der Waals surface area contributed by atoms with Gasteiger partial charge in [0.1, 0.15) is 12.3 Å². The molecule has 18 heavy (non-hydrogen) atoms. The number of aromatic nitrogens is 1. The summed E-state index contributed by atoms with van der Waals surface area (Å²) in [5, 5.41) is 0. The number of nitrogens with zero attached hydrogens (tertiary/aromatic N) is 1. The SMILES string of the molecule is CCOC(=O)Cn1c(=O)sc2ccc(OC)cc21. The average Bonchev–Trinajstić information content (AvgIpc) is 2.65. The molecule has 0 saturated carbocycles. The lowest BCUT2D eigenvalue weighted by Crippen LogP contribution is -2.20. The standard InChI is InChI=1S/C12H13NO4S/c1-3-17-11(14)7-13-9-6-8(16-2)4-5-10(9)18-12(13)15/h4-6H,3,7H2,1-2H3. The summed E-state index contributed by atoms with van der Waals surface area (Å²) in [6.07, 6.45) is 0. The highest BCUT2D eigenvalue weighted by Gasteiger charge is 2.12. The first-order valence-electron chi connectivity index (χ1n) is 5.48. The molecular weight excluding hydrogens is 254 g/mol. The largest absolute Gasteiger partial charge is 0.497 e. The van der Waals surface area contributed by atoms with Gasteiger partial charge in [-0.15, -0.1) is 0 Å². The topological polar surface area (TPSA) is 57.5 Å². The summed E-state index contributed by atoms with van der Waals surface area (Å²) >= 11 is 1.10. The van der Waals surface area contributed by atoms with Gasteiger partial charge in [0, 0.05) is 6.07 Å². The smallest absolute Gasteiger partial charge is 0.326 e. The van der Waals surface area contributed by atoms with Crippen molar-refractivity contribution >= 4 is 27.5 Å². The number of methoxy groups -OCH3 is 1. The van der Waals surface area contributed by atoms with Gasteiger partial charge in [-0.3, -0.25) is 14.2 Å². The third kappa shape index (κ3) is 2.38. The Morgan fingerprint density at radius 3 is 2.89 bits per heavy atom. The van der Waals surface area contributed by atoms with Crippen molar-refractivity contribution < 1.29 is 14.3 Å². The molecule has 0 amide bonds. The van der Waals surface area contributed by atoms with E-state index < -0.39 is 5.97 Å². The molecule has 2 rings (SSSR count). The maximum Gasteiger partial charge on any atom is 0.326 e. The third-order valence-electron chi connectivity index (χ3n) is 2.47. The van der Waals surface area contributed by atoms with Crippen LogP contribution in [0.3, 0.4) is 0 Å². The molecule has 96 valence electrons. The van der Waals surface area contributed by atoms with Crippen molar-refractivity contribution in [3.05, 3.63) is 27.9 Å². The molecule has 0 aliphatic heterocycles. The van der Waals surface area contributed by atoms with Crippen LogP contribution in [0.4, 0.5) is 0 Å². The molecule has 0 aliphatic carbocycles. The molecule has 0 spiro atoms. The predicted octanol–water partition coefficient (Wildman–Crippen LogP) is 1.63. The molecule has 0 saturated heterocycles. The lowest BCUT2D eigenvalue weighted by atomic mass is 10.3. The van der Waals surface area contributed by atoms with Crippen LogP contribution in [0.2, 0.25) is 0 Å². The van der Waals surface area contributed by atoms with Gasteiger partial charge in [0.25, 0.3) is 0 Å². The van der Waals surface area contributed by atoms with Crippen molar-refractivity contribution in [1.82, 2.24) is 4.57 Å². The lowest BCUT2D eigenvalue weighted by molar-refractivity contribution is -0.143. The Bertz CT molecular complexity index is 629. The van der Waals surface area contributed by atoms with Crippen LogP contribution in [0, 0.1) is 0 Å². The molecule has 0 aliphatic rings. The molecule has 0 bridgehead atoms. The van der Waals surface area contributed by atoms with Crippen LogP contribution >= 0.6 is 11.3 Å². The summed E-state index contributed by atoms with van der Waals surface area (Å²) in [5.74, 6) is 0.236. The van der Waals surface area contributed by atoms with Crippen molar-refractivity contribution in [2.24, 2.45) is 0 Å². The zero-order valence-electron chi connectivity index (χ0n) is 10.1. The van der Waals surface area contributed by atoms with Crippen LogP contribution in [0.1, 0.15) is 6.92 Å². The van der Waals surface area contributed by atoms with E-state index in [1.165, 1.54) is 4.57 Å². The van der Waals surface area contributed by atoms with Crippen molar-refractivity contribution in [2.45, 2.75) is 13.5 Å². The highest BCUT2D eigenvalue weighted by atomic mass is 32.1. The third-order valence-corrected chi connectivity index (χ3v) is 3.43. The molecular formula is C12H13NO4S. The monoisotopic (exact) mass is 267 g/mol. The molecule has 0 radical (unpaired) electrons. The molecule has 5 nitrogen and oxygen atoms in total. The van der Waals surface area contributed by atoms with Gasteiger partial charge in [-0.25, -0.2) is 0 Å². The van der Waals surface area contributed by atoms with E-state index in [-0.39, 0.29) is 11.4 Å². The number of hydrogen-bond donors (Lipinski definition) is 0. The number of hydrogen-bond acceptors (Lipinski definition) is 5. The van der Waals surface area contributed by atoms with Crippen LogP contribution in [-0.2, 0) is 16.1 Å². The van der Waals surface area contributed by atoms with E-state index in [4.69, 9.17) is 9.47 Å². The Morgan fingerprint density at radius 1 is 1.44 bits per heavy atom. The second-order valence-electron chi connectivity index (χ2n) is 3.59. The summed E-state index contributed by atoms with van der Waals surface area (Å²) in [5.41, 5.74) is 0.692. The summed E-state index contributed by atoms with van der Waals surface area (Å²) in [6.45, 7) is 1.97.